The molecule has 0 aromatic carbocycles. The van der Waals surface area contributed by atoms with Gasteiger partial charge in [0.15, 0.2) is 5.69 Å². The molecule has 0 aliphatic heterocycles. The van der Waals surface area contributed by atoms with Crippen LogP contribution < -0.4 is 11.1 Å². The number of hydrogen-bond acceptors (Lipinski definition) is 5. The topological polar surface area (TPSA) is 121 Å². The second-order valence-electron chi connectivity index (χ2n) is 3.97. The fourth-order valence-corrected chi connectivity index (χ4v) is 1.90. The minimum absolute atomic E-state index is 0.00466. The molecule has 0 unspecified atom stereocenters. The zero-order valence-corrected chi connectivity index (χ0v) is 11.3. The first-order valence-corrected chi connectivity index (χ1v) is 6.85. The number of amides is 1. The van der Waals surface area contributed by atoms with Gasteiger partial charge in [-0.2, -0.15) is 5.10 Å². The van der Waals surface area contributed by atoms with Crippen molar-refractivity contribution in [1.82, 2.24) is 19.8 Å². The summed E-state index contributed by atoms with van der Waals surface area (Å²) >= 11 is 0. The van der Waals surface area contributed by atoms with Gasteiger partial charge in [-0.1, -0.05) is 0 Å². The molecule has 0 saturated carbocycles. The number of nitrogen functional groups attached to an aromatic ring is 1. The van der Waals surface area contributed by atoms with Gasteiger partial charge in [-0.05, 0) is 6.92 Å². The van der Waals surface area contributed by atoms with E-state index in [2.05, 4.69) is 15.5 Å². The quantitative estimate of drug-likeness (QED) is 0.631. The van der Waals surface area contributed by atoms with Crippen molar-refractivity contribution in [2.24, 2.45) is 0 Å². The molecule has 0 spiro atoms. The van der Waals surface area contributed by atoms with E-state index < -0.39 is 15.9 Å². The number of anilines is 1. The van der Waals surface area contributed by atoms with Gasteiger partial charge in [0.25, 0.3) is 5.91 Å². The number of aromatic amines is 1. The number of aryl methyl sites for hydroxylation is 1. The Kier molecular flexibility index (Phi) is 4.30. The van der Waals surface area contributed by atoms with Gasteiger partial charge in [0.2, 0.25) is 10.0 Å². The van der Waals surface area contributed by atoms with Gasteiger partial charge < -0.3 is 11.1 Å². The summed E-state index contributed by atoms with van der Waals surface area (Å²) < 4.78 is 24.0. The SMILES string of the molecule is Cc1[nH]nc(C(=O)NCCS(=O)(=O)N(C)C)c1N. The first-order valence-electron chi connectivity index (χ1n) is 5.24. The van der Waals surface area contributed by atoms with Crippen LogP contribution in [0, 0.1) is 6.92 Å². The van der Waals surface area contributed by atoms with Crippen molar-refractivity contribution in [2.45, 2.75) is 6.92 Å². The number of nitrogens with one attached hydrogen (secondary N) is 2. The van der Waals surface area contributed by atoms with Gasteiger partial charge in [-0.3, -0.25) is 9.89 Å². The maximum absolute atomic E-state index is 11.7. The Morgan fingerprint density at radius 1 is 1.50 bits per heavy atom. The summed E-state index contributed by atoms with van der Waals surface area (Å²) in [5, 5.41) is 8.78. The molecule has 1 amide bonds. The summed E-state index contributed by atoms with van der Waals surface area (Å²) in [6.45, 7) is 1.69. The van der Waals surface area contributed by atoms with E-state index in [0.29, 0.717) is 5.69 Å². The summed E-state index contributed by atoms with van der Waals surface area (Å²) in [5.41, 5.74) is 6.57. The van der Waals surface area contributed by atoms with Crippen molar-refractivity contribution >= 4 is 21.6 Å². The number of carbonyl (C=O) groups excluding carboxylic acids is 1. The normalized spacial score (nSPS) is 11.8. The molecule has 1 rings (SSSR count). The van der Waals surface area contributed by atoms with Crippen LogP contribution in [0.25, 0.3) is 0 Å². The number of nitrogens with two attached hydrogens (primary N) is 1. The van der Waals surface area contributed by atoms with Gasteiger partial charge in [0, 0.05) is 20.6 Å². The minimum Gasteiger partial charge on any atom is -0.395 e. The Labute approximate surface area is 106 Å². The third-order valence-electron chi connectivity index (χ3n) is 2.41. The predicted octanol–water partition coefficient (Wildman–Crippen LogP) is -1.08. The summed E-state index contributed by atoms with van der Waals surface area (Å²) in [6.07, 6.45) is 0. The Hall–Kier alpha value is -1.61. The van der Waals surface area contributed by atoms with E-state index in [1.807, 2.05) is 0 Å². The van der Waals surface area contributed by atoms with E-state index in [-0.39, 0.29) is 23.7 Å². The number of carbonyl (C=O) groups is 1. The second kappa shape index (κ2) is 5.36. The zero-order valence-electron chi connectivity index (χ0n) is 10.5. The second-order valence-corrected chi connectivity index (χ2v) is 6.27. The lowest BCUT2D eigenvalue weighted by Gasteiger charge is -2.11. The number of aromatic nitrogens is 2. The van der Waals surface area contributed by atoms with Gasteiger partial charge in [0.05, 0.1) is 17.1 Å². The van der Waals surface area contributed by atoms with Crippen LogP contribution in [0.5, 0.6) is 0 Å². The van der Waals surface area contributed by atoms with E-state index in [4.69, 9.17) is 5.73 Å². The summed E-state index contributed by atoms with van der Waals surface area (Å²) in [5.74, 6) is -0.666. The van der Waals surface area contributed by atoms with E-state index in [9.17, 15) is 13.2 Å². The van der Waals surface area contributed by atoms with Crippen LogP contribution in [0.15, 0.2) is 0 Å². The maximum Gasteiger partial charge on any atom is 0.273 e. The third kappa shape index (κ3) is 3.20. The lowest BCUT2D eigenvalue weighted by Crippen LogP contribution is -2.34. The largest absolute Gasteiger partial charge is 0.395 e. The van der Waals surface area contributed by atoms with Crippen LogP contribution >= 0.6 is 0 Å². The molecule has 1 heterocycles. The van der Waals surface area contributed by atoms with Gasteiger partial charge in [0.1, 0.15) is 0 Å². The average molecular weight is 275 g/mol. The van der Waals surface area contributed by atoms with Gasteiger partial charge >= 0.3 is 0 Å². The summed E-state index contributed by atoms with van der Waals surface area (Å²) in [4.78, 5) is 11.7. The number of hydrogen-bond donors (Lipinski definition) is 3. The maximum atomic E-state index is 11.7. The molecule has 1 aromatic heterocycles. The van der Waals surface area contributed by atoms with E-state index in [0.717, 1.165) is 4.31 Å². The zero-order chi connectivity index (χ0) is 13.9. The molecular weight excluding hydrogens is 258 g/mol. The van der Waals surface area contributed by atoms with Crippen LogP contribution in [0.1, 0.15) is 16.2 Å². The fourth-order valence-electron chi connectivity index (χ4n) is 1.17. The number of H-pyrrole nitrogens is 1. The predicted molar refractivity (Wildman–Crippen MR) is 67.5 cm³/mol. The highest BCUT2D eigenvalue weighted by Crippen LogP contribution is 2.11. The van der Waals surface area contributed by atoms with Crippen LogP contribution in [0.2, 0.25) is 0 Å². The molecule has 0 aliphatic rings. The number of rotatable bonds is 5. The Balaban J connectivity index is 2.56. The highest BCUT2D eigenvalue weighted by Gasteiger charge is 2.17. The highest BCUT2D eigenvalue weighted by molar-refractivity contribution is 7.89. The molecule has 0 atom stereocenters. The molecule has 18 heavy (non-hydrogen) atoms. The van der Waals surface area contributed by atoms with Crippen LogP contribution in [0.3, 0.4) is 0 Å². The summed E-state index contributed by atoms with van der Waals surface area (Å²) in [7, 11) is -0.448. The van der Waals surface area contributed by atoms with E-state index >= 15 is 0 Å². The van der Waals surface area contributed by atoms with Crippen molar-refractivity contribution in [2.75, 3.05) is 32.1 Å². The molecule has 0 radical (unpaired) electrons. The van der Waals surface area contributed by atoms with Crippen molar-refractivity contribution < 1.29 is 13.2 Å². The smallest absolute Gasteiger partial charge is 0.273 e. The lowest BCUT2D eigenvalue weighted by atomic mass is 10.3. The van der Waals surface area contributed by atoms with Crippen LogP contribution in [0.4, 0.5) is 5.69 Å². The standard InChI is InChI=1S/C9H17N5O3S/c1-6-7(10)8(13-12-6)9(15)11-4-5-18(16,17)14(2)3/h4-5,10H2,1-3H3,(H,11,15)(H,12,13). The number of nitrogens with zero attached hydrogens (tertiary/aromatic N) is 2. The van der Waals surface area contributed by atoms with Crippen LogP contribution in [-0.2, 0) is 10.0 Å². The number of sulfonamides is 1. The van der Waals surface area contributed by atoms with E-state index in [1.54, 1.807) is 6.92 Å². The molecule has 0 saturated heterocycles. The molecule has 0 fully saturated rings. The van der Waals surface area contributed by atoms with Crippen molar-refractivity contribution in [3.8, 4) is 0 Å². The molecule has 4 N–H and O–H groups in total. The lowest BCUT2D eigenvalue weighted by molar-refractivity contribution is 0.0952. The minimum atomic E-state index is -3.32. The highest BCUT2D eigenvalue weighted by atomic mass is 32.2. The fraction of sp³-hybridized carbons (Fsp3) is 0.556. The molecule has 9 heteroatoms. The van der Waals surface area contributed by atoms with Crippen molar-refractivity contribution in [3.05, 3.63) is 11.4 Å². The first kappa shape index (κ1) is 14.5. The molecule has 1 aromatic rings. The first-order chi connectivity index (χ1) is 8.25. The van der Waals surface area contributed by atoms with Crippen molar-refractivity contribution in [3.63, 3.8) is 0 Å². The van der Waals surface area contributed by atoms with E-state index in [1.165, 1.54) is 14.1 Å². The molecule has 102 valence electrons. The Bertz CT molecular complexity index is 534. The molecule has 0 aliphatic carbocycles. The van der Waals surface area contributed by atoms with Gasteiger partial charge in [-0.25, -0.2) is 12.7 Å². The molecule has 0 bridgehead atoms. The average Bonchev–Trinajstić information content (AvgIpc) is 2.59. The Morgan fingerprint density at radius 2 is 2.11 bits per heavy atom. The van der Waals surface area contributed by atoms with Crippen LogP contribution in [-0.4, -0.2) is 55.2 Å². The summed E-state index contributed by atoms with van der Waals surface area (Å²) in [6, 6.07) is 0. The molecule has 8 nitrogen and oxygen atoms in total. The van der Waals surface area contributed by atoms with Gasteiger partial charge in [-0.15, -0.1) is 0 Å². The third-order valence-corrected chi connectivity index (χ3v) is 4.24. The Morgan fingerprint density at radius 3 is 2.56 bits per heavy atom. The monoisotopic (exact) mass is 275 g/mol. The van der Waals surface area contributed by atoms with Crippen molar-refractivity contribution in [1.29, 1.82) is 0 Å². The molecular formula is C9H17N5O3S.